The molecule has 0 atom stereocenters. The van der Waals surface area contributed by atoms with Gasteiger partial charge in [-0.3, -0.25) is 0 Å². The molecule has 2 rings (SSSR count). The minimum atomic E-state index is -0.974. The summed E-state index contributed by atoms with van der Waals surface area (Å²) in [5, 5.41) is 14.3. The predicted octanol–water partition coefficient (Wildman–Crippen LogP) is 3.17. The van der Waals surface area contributed by atoms with E-state index in [4.69, 9.17) is 5.73 Å². The zero-order valence-electron chi connectivity index (χ0n) is 11.3. The van der Waals surface area contributed by atoms with Crippen LogP contribution in [0.1, 0.15) is 61.8 Å². The van der Waals surface area contributed by atoms with Gasteiger partial charge in [0.25, 0.3) is 0 Å². The summed E-state index contributed by atoms with van der Waals surface area (Å²) in [7, 11) is 0. The molecule has 0 saturated heterocycles. The molecule has 1 saturated carbocycles. The van der Waals surface area contributed by atoms with Gasteiger partial charge in [-0.05, 0) is 25.0 Å². The highest BCUT2D eigenvalue weighted by Crippen LogP contribution is 2.34. The van der Waals surface area contributed by atoms with Gasteiger partial charge in [0.15, 0.2) is 0 Å². The molecule has 0 aromatic carbocycles. The number of rotatable bonds is 5. The van der Waals surface area contributed by atoms with Crippen LogP contribution < -0.4 is 5.73 Å². The number of anilines is 1. The highest BCUT2D eigenvalue weighted by atomic mass is 32.2. The van der Waals surface area contributed by atoms with E-state index in [2.05, 4.69) is 12.0 Å². The summed E-state index contributed by atoms with van der Waals surface area (Å²) in [4.78, 5) is 11.4. The van der Waals surface area contributed by atoms with Gasteiger partial charge in [0, 0.05) is 0 Å². The first kappa shape index (κ1) is 14.2. The minimum absolute atomic E-state index is 0.184. The average Bonchev–Trinajstić information content (AvgIpc) is 2.74. The van der Waals surface area contributed by atoms with Crippen LogP contribution in [0.2, 0.25) is 0 Å². The molecule has 1 heterocycles. The van der Waals surface area contributed by atoms with E-state index in [1.165, 1.54) is 31.0 Å². The molecule has 1 aliphatic carbocycles. The normalized spacial score (nSPS) is 16.7. The Morgan fingerprint density at radius 1 is 1.47 bits per heavy atom. The molecule has 0 radical (unpaired) electrons. The number of nitrogen functional groups attached to an aromatic ring is 1. The lowest BCUT2D eigenvalue weighted by molar-refractivity contribution is 0.0694. The number of nitrogens with zero attached hydrogens (tertiary/aromatic N) is 2. The SMILES string of the molecule is CCCSc1nn(C2CCCCC2)c(N)c1C(=O)O. The van der Waals surface area contributed by atoms with E-state index in [9.17, 15) is 9.90 Å². The van der Waals surface area contributed by atoms with E-state index < -0.39 is 5.97 Å². The lowest BCUT2D eigenvalue weighted by Gasteiger charge is -2.22. The molecule has 0 amide bonds. The van der Waals surface area contributed by atoms with Crippen LogP contribution in [0.25, 0.3) is 0 Å². The van der Waals surface area contributed by atoms with E-state index in [0.717, 1.165) is 25.0 Å². The number of carboxylic acid groups (broad SMARTS) is 1. The molecular formula is C13H21N3O2S. The Bertz CT molecular complexity index is 453. The van der Waals surface area contributed by atoms with Crippen LogP contribution >= 0.6 is 11.8 Å². The first-order valence-corrected chi connectivity index (χ1v) is 7.87. The number of hydrogen-bond acceptors (Lipinski definition) is 4. The van der Waals surface area contributed by atoms with Crippen LogP contribution in [0.15, 0.2) is 5.03 Å². The zero-order valence-corrected chi connectivity index (χ0v) is 12.1. The molecule has 1 aromatic rings. The molecule has 0 bridgehead atoms. The number of aromatic carboxylic acids is 1. The quantitative estimate of drug-likeness (QED) is 0.811. The molecule has 106 valence electrons. The maximum absolute atomic E-state index is 11.4. The van der Waals surface area contributed by atoms with Gasteiger partial charge in [0.1, 0.15) is 16.4 Å². The number of aromatic nitrogens is 2. The van der Waals surface area contributed by atoms with Crippen molar-refractivity contribution in [2.45, 2.75) is 56.5 Å². The lowest BCUT2D eigenvalue weighted by Crippen LogP contribution is -2.16. The standard InChI is InChI=1S/C13H21N3O2S/c1-2-8-19-12-10(13(17)18)11(14)16(15-12)9-6-4-3-5-7-9/h9H,2-8,14H2,1H3,(H,17,18). The molecule has 5 nitrogen and oxygen atoms in total. The molecule has 1 aromatic heterocycles. The van der Waals surface area contributed by atoms with Crippen molar-refractivity contribution in [3.63, 3.8) is 0 Å². The Balaban J connectivity index is 2.30. The van der Waals surface area contributed by atoms with Gasteiger partial charge in [-0.25, -0.2) is 9.48 Å². The van der Waals surface area contributed by atoms with Crippen LogP contribution in [0.5, 0.6) is 0 Å². The van der Waals surface area contributed by atoms with Crippen molar-refractivity contribution in [3.8, 4) is 0 Å². The number of nitrogens with two attached hydrogens (primary N) is 1. The van der Waals surface area contributed by atoms with Crippen LogP contribution in [0.4, 0.5) is 5.82 Å². The van der Waals surface area contributed by atoms with Gasteiger partial charge < -0.3 is 10.8 Å². The first-order valence-electron chi connectivity index (χ1n) is 6.89. The van der Waals surface area contributed by atoms with E-state index in [-0.39, 0.29) is 11.6 Å². The van der Waals surface area contributed by atoms with Crippen LogP contribution in [-0.4, -0.2) is 26.6 Å². The number of carbonyl (C=O) groups is 1. The Kier molecular flexibility index (Phi) is 4.74. The summed E-state index contributed by atoms with van der Waals surface area (Å²) in [6, 6.07) is 0.267. The Morgan fingerprint density at radius 3 is 2.74 bits per heavy atom. The first-order chi connectivity index (χ1) is 9.15. The van der Waals surface area contributed by atoms with Gasteiger partial charge in [0.05, 0.1) is 6.04 Å². The molecule has 3 N–H and O–H groups in total. The Hall–Kier alpha value is -1.17. The second-order valence-electron chi connectivity index (χ2n) is 4.96. The van der Waals surface area contributed by atoms with E-state index in [1.807, 2.05) is 0 Å². The number of carboxylic acids is 1. The van der Waals surface area contributed by atoms with Crippen molar-refractivity contribution in [1.82, 2.24) is 9.78 Å². The van der Waals surface area contributed by atoms with Crippen molar-refractivity contribution >= 4 is 23.5 Å². The number of hydrogen-bond donors (Lipinski definition) is 2. The van der Waals surface area contributed by atoms with Gasteiger partial charge in [-0.2, -0.15) is 5.10 Å². The molecule has 1 fully saturated rings. The van der Waals surface area contributed by atoms with Crippen molar-refractivity contribution < 1.29 is 9.90 Å². The van der Waals surface area contributed by atoms with Crippen molar-refractivity contribution in [2.24, 2.45) is 0 Å². The summed E-state index contributed by atoms with van der Waals surface area (Å²) in [5.74, 6) is 0.206. The summed E-state index contributed by atoms with van der Waals surface area (Å²) in [5.41, 5.74) is 6.20. The van der Waals surface area contributed by atoms with Gasteiger partial charge in [0.2, 0.25) is 0 Å². The Labute approximate surface area is 117 Å². The third-order valence-electron chi connectivity index (χ3n) is 3.49. The van der Waals surface area contributed by atoms with E-state index in [1.54, 1.807) is 4.68 Å². The molecule has 6 heteroatoms. The third-order valence-corrected chi connectivity index (χ3v) is 4.66. The third kappa shape index (κ3) is 3.05. The topological polar surface area (TPSA) is 81.1 Å². The van der Waals surface area contributed by atoms with Gasteiger partial charge in [-0.1, -0.05) is 26.2 Å². The molecule has 19 heavy (non-hydrogen) atoms. The van der Waals surface area contributed by atoms with Crippen molar-refractivity contribution in [2.75, 3.05) is 11.5 Å². The molecule has 0 spiro atoms. The predicted molar refractivity (Wildman–Crippen MR) is 76.7 cm³/mol. The summed E-state index contributed by atoms with van der Waals surface area (Å²) < 4.78 is 1.75. The fourth-order valence-corrected chi connectivity index (χ4v) is 3.41. The molecular weight excluding hydrogens is 262 g/mol. The lowest BCUT2D eigenvalue weighted by atomic mass is 9.96. The fourth-order valence-electron chi connectivity index (χ4n) is 2.53. The van der Waals surface area contributed by atoms with Crippen LogP contribution in [0, 0.1) is 0 Å². The van der Waals surface area contributed by atoms with Gasteiger partial charge in [-0.15, -0.1) is 11.8 Å². The Morgan fingerprint density at radius 2 is 2.16 bits per heavy atom. The molecule has 0 aliphatic heterocycles. The summed E-state index contributed by atoms with van der Waals surface area (Å²) in [6.07, 6.45) is 6.67. The number of thioether (sulfide) groups is 1. The minimum Gasteiger partial charge on any atom is -0.477 e. The maximum Gasteiger partial charge on any atom is 0.342 e. The highest BCUT2D eigenvalue weighted by Gasteiger charge is 2.26. The monoisotopic (exact) mass is 283 g/mol. The second kappa shape index (κ2) is 6.32. The zero-order chi connectivity index (χ0) is 13.8. The largest absolute Gasteiger partial charge is 0.477 e. The van der Waals surface area contributed by atoms with Crippen LogP contribution in [0.3, 0.4) is 0 Å². The van der Waals surface area contributed by atoms with E-state index >= 15 is 0 Å². The van der Waals surface area contributed by atoms with Gasteiger partial charge >= 0.3 is 5.97 Å². The second-order valence-corrected chi connectivity index (χ2v) is 6.04. The van der Waals surface area contributed by atoms with E-state index in [0.29, 0.717) is 10.8 Å². The molecule has 1 aliphatic rings. The van der Waals surface area contributed by atoms with Crippen LogP contribution in [-0.2, 0) is 0 Å². The maximum atomic E-state index is 11.4. The summed E-state index contributed by atoms with van der Waals surface area (Å²) in [6.45, 7) is 2.06. The summed E-state index contributed by atoms with van der Waals surface area (Å²) >= 11 is 1.48. The fraction of sp³-hybridized carbons (Fsp3) is 0.692. The smallest absolute Gasteiger partial charge is 0.342 e. The van der Waals surface area contributed by atoms with Crippen molar-refractivity contribution in [1.29, 1.82) is 0 Å². The average molecular weight is 283 g/mol. The highest BCUT2D eigenvalue weighted by molar-refractivity contribution is 7.99. The van der Waals surface area contributed by atoms with Crippen molar-refractivity contribution in [3.05, 3.63) is 5.56 Å². The molecule has 0 unspecified atom stereocenters.